The van der Waals surface area contributed by atoms with Crippen LogP contribution in [0.4, 0.5) is 0 Å². The molecule has 0 aliphatic heterocycles. The van der Waals surface area contributed by atoms with E-state index >= 15 is 0 Å². The first-order valence-corrected chi connectivity index (χ1v) is 3.12. The second-order valence-corrected chi connectivity index (χ2v) is 2.96. The van der Waals surface area contributed by atoms with Gasteiger partial charge in [0, 0.05) is 11.6 Å². The lowest BCUT2D eigenvalue weighted by Gasteiger charge is -1.61. The van der Waals surface area contributed by atoms with Crippen LogP contribution in [0.5, 0.6) is 0 Å². The Kier molecular flexibility index (Phi) is 4.31. The molecule has 1 aromatic rings. The molecule has 0 aliphatic rings. The zero-order valence-corrected chi connectivity index (χ0v) is 5.29. The summed E-state index contributed by atoms with van der Waals surface area (Å²) in [5, 5.41) is 1.92. The van der Waals surface area contributed by atoms with E-state index in [0.717, 1.165) is 3.92 Å². The third-order valence-corrected chi connectivity index (χ3v) is 1.73. The average Bonchev–Trinajstić information content (AvgIpc) is 1.86. The van der Waals surface area contributed by atoms with Crippen molar-refractivity contribution >= 4 is 50.3 Å². The molecule has 0 fully saturated rings. The number of hydrogen-bond donors (Lipinski definition) is 0. The predicted octanol–water partition coefficient (Wildman–Crippen LogP) is 0.989. The molecular formula is C3H4BrMgNS. The maximum absolute atomic E-state index is 3.85. The van der Waals surface area contributed by atoms with Gasteiger partial charge in [-0.25, -0.2) is 4.98 Å². The van der Waals surface area contributed by atoms with Gasteiger partial charge in [0.2, 0.25) is 0 Å². The molecule has 0 unspecified atom stereocenters. The minimum atomic E-state index is 0. The zero-order chi connectivity index (χ0) is 4.41. The third kappa shape index (κ3) is 2.64. The maximum Gasteiger partial charge on any atom is 0.316 e. The van der Waals surface area contributed by atoms with E-state index in [1.165, 1.54) is 0 Å². The molecule has 1 nitrogen and oxygen atoms in total. The lowest BCUT2D eigenvalue weighted by atomic mass is 11.0. The molecule has 0 aliphatic carbocycles. The Morgan fingerprint density at radius 3 is 2.57 bits per heavy atom. The zero-order valence-electron chi connectivity index (χ0n) is 2.89. The van der Waals surface area contributed by atoms with Crippen LogP contribution in [0.3, 0.4) is 0 Å². The van der Waals surface area contributed by atoms with E-state index in [1.807, 2.05) is 5.38 Å². The summed E-state index contributed by atoms with van der Waals surface area (Å²) in [7, 11) is 0. The van der Waals surface area contributed by atoms with Crippen LogP contribution in [0.1, 0.15) is 0 Å². The van der Waals surface area contributed by atoms with Crippen LogP contribution in [-0.4, -0.2) is 28.0 Å². The summed E-state index contributed by atoms with van der Waals surface area (Å²) in [6.07, 6.45) is 1.76. The Labute approximate surface area is 70.4 Å². The molecule has 0 radical (unpaired) electrons. The maximum atomic E-state index is 3.85. The van der Waals surface area contributed by atoms with Crippen molar-refractivity contribution < 1.29 is 0 Å². The quantitative estimate of drug-likeness (QED) is 0.556. The summed E-state index contributed by atoms with van der Waals surface area (Å²) in [6.45, 7) is 0. The normalized spacial score (nSPS) is 7.57. The number of hydrogen-bond acceptors (Lipinski definition) is 2. The Bertz CT molecular complexity index is 118. The van der Waals surface area contributed by atoms with Crippen molar-refractivity contribution in [2.24, 2.45) is 0 Å². The summed E-state index contributed by atoms with van der Waals surface area (Å²) in [4.78, 5) is 3.85. The van der Waals surface area contributed by atoms with Crippen LogP contribution in [0.25, 0.3) is 0 Å². The molecule has 36 valence electrons. The van der Waals surface area contributed by atoms with E-state index in [2.05, 4.69) is 20.9 Å². The highest BCUT2D eigenvalue weighted by molar-refractivity contribution is 9.11. The number of aromatic nitrogens is 1. The summed E-state index contributed by atoms with van der Waals surface area (Å²) in [5.41, 5.74) is 0. The van der Waals surface area contributed by atoms with Gasteiger partial charge in [0.15, 0.2) is 3.92 Å². The van der Waals surface area contributed by atoms with Gasteiger partial charge in [0.25, 0.3) is 0 Å². The third-order valence-electron chi connectivity index (χ3n) is 0.402. The van der Waals surface area contributed by atoms with E-state index < -0.39 is 0 Å². The van der Waals surface area contributed by atoms with E-state index in [0.29, 0.717) is 0 Å². The SMILES string of the molecule is Brc1nccs1.[MgH2]. The van der Waals surface area contributed by atoms with Crippen LogP contribution >= 0.6 is 27.3 Å². The van der Waals surface area contributed by atoms with Gasteiger partial charge < -0.3 is 0 Å². The fourth-order valence-electron chi connectivity index (χ4n) is 0.206. The van der Waals surface area contributed by atoms with Gasteiger partial charge in [-0.15, -0.1) is 11.3 Å². The van der Waals surface area contributed by atoms with Crippen LogP contribution in [0, 0.1) is 0 Å². The van der Waals surface area contributed by atoms with Gasteiger partial charge >= 0.3 is 23.1 Å². The molecule has 0 atom stereocenters. The minimum absolute atomic E-state index is 0. The highest BCUT2D eigenvalue weighted by atomic mass is 79.9. The number of nitrogens with zero attached hydrogens (tertiary/aromatic N) is 1. The summed E-state index contributed by atoms with van der Waals surface area (Å²) < 4.78 is 0.947. The molecule has 0 amide bonds. The predicted molar refractivity (Wildman–Crippen MR) is 38.4 cm³/mol. The Morgan fingerprint density at radius 2 is 2.43 bits per heavy atom. The minimum Gasteiger partial charge on any atom is -0.238 e. The van der Waals surface area contributed by atoms with Gasteiger partial charge in [-0.3, -0.25) is 0 Å². The molecule has 7 heavy (non-hydrogen) atoms. The lowest BCUT2D eigenvalue weighted by Crippen LogP contribution is -1.47. The standard InChI is InChI=1S/C3H2BrNS.Mg.2H/c4-3-5-1-2-6-3;;;/h1-2H;;;. The Hall–Kier alpha value is 0.876. The van der Waals surface area contributed by atoms with Gasteiger partial charge in [0.05, 0.1) is 0 Å². The molecule has 0 aromatic carbocycles. The molecule has 0 spiro atoms. The number of rotatable bonds is 0. The van der Waals surface area contributed by atoms with Gasteiger partial charge in [-0.1, -0.05) is 0 Å². The van der Waals surface area contributed by atoms with Gasteiger partial charge in [-0.2, -0.15) is 0 Å². The van der Waals surface area contributed by atoms with Crippen molar-refractivity contribution in [1.29, 1.82) is 0 Å². The Morgan fingerprint density at radius 1 is 1.71 bits per heavy atom. The summed E-state index contributed by atoms with van der Waals surface area (Å²) in [6, 6.07) is 0. The smallest absolute Gasteiger partial charge is 0.238 e. The topological polar surface area (TPSA) is 12.9 Å². The molecule has 0 N–H and O–H groups in total. The monoisotopic (exact) mass is 189 g/mol. The second kappa shape index (κ2) is 3.83. The van der Waals surface area contributed by atoms with E-state index in [1.54, 1.807) is 17.5 Å². The van der Waals surface area contributed by atoms with Crippen molar-refractivity contribution in [3.05, 3.63) is 15.5 Å². The van der Waals surface area contributed by atoms with E-state index in [-0.39, 0.29) is 23.1 Å². The van der Waals surface area contributed by atoms with Crippen molar-refractivity contribution in [2.45, 2.75) is 0 Å². The molecule has 0 saturated heterocycles. The highest BCUT2D eigenvalue weighted by Crippen LogP contribution is 2.10. The first kappa shape index (κ1) is 7.88. The van der Waals surface area contributed by atoms with E-state index in [9.17, 15) is 0 Å². The largest absolute Gasteiger partial charge is 0.316 e. The molecule has 0 bridgehead atoms. The van der Waals surface area contributed by atoms with Crippen LogP contribution in [0.15, 0.2) is 15.5 Å². The van der Waals surface area contributed by atoms with Crippen LogP contribution in [-0.2, 0) is 0 Å². The summed E-state index contributed by atoms with van der Waals surface area (Å²) >= 11 is 4.77. The van der Waals surface area contributed by atoms with Gasteiger partial charge in [-0.05, 0) is 15.9 Å². The van der Waals surface area contributed by atoms with Crippen LogP contribution < -0.4 is 0 Å². The van der Waals surface area contributed by atoms with Crippen LogP contribution in [0.2, 0.25) is 0 Å². The first-order valence-electron chi connectivity index (χ1n) is 1.44. The molecule has 4 heteroatoms. The average molecular weight is 190 g/mol. The lowest BCUT2D eigenvalue weighted by molar-refractivity contribution is 1.38. The summed E-state index contributed by atoms with van der Waals surface area (Å²) in [5.74, 6) is 0. The van der Waals surface area contributed by atoms with Crippen molar-refractivity contribution in [1.82, 2.24) is 4.98 Å². The number of halogens is 1. The molecule has 0 saturated carbocycles. The molecule has 1 rings (SSSR count). The van der Waals surface area contributed by atoms with Crippen molar-refractivity contribution in [3.8, 4) is 0 Å². The van der Waals surface area contributed by atoms with Crippen molar-refractivity contribution in [2.75, 3.05) is 0 Å². The number of thiazole rings is 1. The second-order valence-electron chi connectivity index (χ2n) is 0.785. The fraction of sp³-hybridized carbons (Fsp3) is 0. The first-order chi connectivity index (χ1) is 2.89. The molecule has 1 aromatic heterocycles. The molecular weight excluding hydrogens is 186 g/mol. The highest BCUT2D eigenvalue weighted by Gasteiger charge is 1.79. The fourth-order valence-corrected chi connectivity index (χ4v) is 1.00. The van der Waals surface area contributed by atoms with Crippen molar-refractivity contribution in [3.63, 3.8) is 0 Å². The molecule has 1 heterocycles. The Balaban J connectivity index is 0.000000360. The van der Waals surface area contributed by atoms with E-state index in [4.69, 9.17) is 0 Å². The van der Waals surface area contributed by atoms with Gasteiger partial charge in [0.1, 0.15) is 0 Å².